The van der Waals surface area contributed by atoms with Crippen LogP contribution in [0.1, 0.15) is 44.7 Å². The monoisotopic (exact) mass is 238 g/mol. The van der Waals surface area contributed by atoms with Crippen LogP contribution in [0, 0.1) is 0 Å². The van der Waals surface area contributed by atoms with Crippen molar-refractivity contribution in [2.24, 2.45) is 0 Å². The summed E-state index contributed by atoms with van der Waals surface area (Å²) in [5, 5.41) is 19.5. The van der Waals surface area contributed by atoms with Crippen molar-refractivity contribution >= 4 is 0 Å². The Bertz CT molecular complexity index is 372. The Labute approximate surface area is 103 Å². The Balaban J connectivity index is 3.06. The van der Waals surface area contributed by atoms with Crippen LogP contribution in [0.15, 0.2) is 6.07 Å². The minimum Gasteiger partial charge on any atom is -0.504 e. The average Bonchev–Trinajstić information content (AvgIpc) is 2.33. The number of aromatic hydroxyl groups is 2. The Kier molecular flexibility index (Phi) is 5.13. The fourth-order valence-electron chi connectivity index (χ4n) is 1.95. The van der Waals surface area contributed by atoms with E-state index in [-0.39, 0.29) is 11.5 Å². The molecule has 0 aliphatic rings. The Hall–Kier alpha value is -1.38. The lowest BCUT2D eigenvalue weighted by Crippen LogP contribution is -2.02. The number of phenolic OH excluding ortho intramolecular Hbond substituents is 2. The lowest BCUT2D eigenvalue weighted by atomic mass is 10.00. The summed E-state index contributed by atoms with van der Waals surface area (Å²) >= 11 is 0. The number of ether oxygens (including phenoxy) is 1. The third-order valence-corrected chi connectivity index (χ3v) is 2.92. The van der Waals surface area contributed by atoms with E-state index in [9.17, 15) is 10.2 Å². The first-order valence-electron chi connectivity index (χ1n) is 6.35. The third-order valence-electron chi connectivity index (χ3n) is 2.92. The minimum atomic E-state index is -0.0921. The number of hydrogen-bond donors (Lipinski definition) is 2. The molecule has 17 heavy (non-hydrogen) atoms. The van der Waals surface area contributed by atoms with Crippen LogP contribution in [0.3, 0.4) is 0 Å². The number of phenols is 2. The van der Waals surface area contributed by atoms with Gasteiger partial charge in [-0.2, -0.15) is 0 Å². The van der Waals surface area contributed by atoms with E-state index < -0.39 is 0 Å². The maximum absolute atomic E-state index is 9.80. The van der Waals surface area contributed by atoms with E-state index in [1.54, 1.807) is 0 Å². The molecular weight excluding hydrogens is 216 g/mol. The summed E-state index contributed by atoms with van der Waals surface area (Å²) in [6.07, 6.45) is 3.55. The van der Waals surface area contributed by atoms with Crippen LogP contribution in [0.25, 0.3) is 0 Å². The largest absolute Gasteiger partial charge is 0.504 e. The summed E-state index contributed by atoms with van der Waals surface area (Å²) < 4.78 is 5.68. The van der Waals surface area contributed by atoms with E-state index in [2.05, 4.69) is 6.92 Å². The zero-order chi connectivity index (χ0) is 12.8. The molecule has 3 nitrogen and oxygen atoms in total. The van der Waals surface area contributed by atoms with E-state index in [1.165, 1.54) is 6.07 Å². The van der Waals surface area contributed by atoms with Crippen LogP contribution >= 0.6 is 0 Å². The summed E-state index contributed by atoms with van der Waals surface area (Å²) in [7, 11) is 0. The Morgan fingerprint density at radius 1 is 1.06 bits per heavy atom. The molecule has 2 N–H and O–H groups in total. The fourth-order valence-corrected chi connectivity index (χ4v) is 1.95. The standard InChI is InChI=1S/C14H22O3/c1-4-7-8-17-13-9-12(15)14(16)11(6-3)10(13)5-2/h9,15-16H,4-8H2,1-3H3. The van der Waals surface area contributed by atoms with Gasteiger partial charge in [-0.3, -0.25) is 0 Å². The molecule has 3 heteroatoms. The zero-order valence-electron chi connectivity index (χ0n) is 10.9. The molecule has 0 spiro atoms. The van der Waals surface area contributed by atoms with Gasteiger partial charge in [0.15, 0.2) is 11.5 Å². The highest BCUT2D eigenvalue weighted by molar-refractivity contribution is 5.56. The summed E-state index contributed by atoms with van der Waals surface area (Å²) in [5.74, 6) is 0.603. The number of hydrogen-bond acceptors (Lipinski definition) is 3. The van der Waals surface area contributed by atoms with Crippen molar-refractivity contribution in [2.45, 2.75) is 46.5 Å². The Morgan fingerprint density at radius 3 is 2.24 bits per heavy atom. The molecule has 0 bridgehead atoms. The molecule has 0 unspecified atom stereocenters. The van der Waals surface area contributed by atoms with Crippen molar-refractivity contribution in [3.8, 4) is 17.2 Å². The van der Waals surface area contributed by atoms with E-state index in [0.29, 0.717) is 18.8 Å². The van der Waals surface area contributed by atoms with Crippen LogP contribution in [0.5, 0.6) is 17.2 Å². The first-order chi connectivity index (χ1) is 8.15. The van der Waals surface area contributed by atoms with E-state index >= 15 is 0 Å². The molecule has 0 fully saturated rings. The SMILES string of the molecule is CCCCOc1cc(O)c(O)c(CC)c1CC. The second-order valence-electron chi connectivity index (χ2n) is 4.11. The number of benzene rings is 1. The first kappa shape index (κ1) is 13.7. The van der Waals surface area contributed by atoms with Crippen LogP contribution in [-0.2, 0) is 12.8 Å². The van der Waals surface area contributed by atoms with Gasteiger partial charge in [0.05, 0.1) is 6.61 Å². The summed E-state index contributed by atoms with van der Waals surface area (Å²) in [4.78, 5) is 0. The molecule has 0 atom stereocenters. The van der Waals surface area contributed by atoms with Crippen molar-refractivity contribution in [1.82, 2.24) is 0 Å². The van der Waals surface area contributed by atoms with Gasteiger partial charge in [0.1, 0.15) is 5.75 Å². The predicted octanol–water partition coefficient (Wildman–Crippen LogP) is 3.40. The van der Waals surface area contributed by atoms with Crippen LogP contribution < -0.4 is 4.74 Å². The van der Waals surface area contributed by atoms with Crippen LogP contribution in [0.4, 0.5) is 0 Å². The normalized spacial score (nSPS) is 10.5. The van der Waals surface area contributed by atoms with Gasteiger partial charge >= 0.3 is 0 Å². The van der Waals surface area contributed by atoms with Gasteiger partial charge in [0, 0.05) is 17.2 Å². The van der Waals surface area contributed by atoms with Gasteiger partial charge in [0.25, 0.3) is 0 Å². The molecule has 0 heterocycles. The molecule has 1 aromatic rings. The maximum Gasteiger partial charge on any atom is 0.161 e. The van der Waals surface area contributed by atoms with Crippen molar-refractivity contribution < 1.29 is 14.9 Å². The Morgan fingerprint density at radius 2 is 1.71 bits per heavy atom. The molecule has 96 valence electrons. The van der Waals surface area contributed by atoms with Gasteiger partial charge < -0.3 is 14.9 Å². The van der Waals surface area contributed by atoms with E-state index in [4.69, 9.17) is 4.74 Å². The van der Waals surface area contributed by atoms with Gasteiger partial charge in [-0.1, -0.05) is 27.2 Å². The van der Waals surface area contributed by atoms with Gasteiger partial charge in [-0.05, 0) is 19.3 Å². The number of unbranched alkanes of at least 4 members (excludes halogenated alkanes) is 1. The number of rotatable bonds is 6. The quantitative estimate of drug-likeness (QED) is 0.590. The molecule has 1 aromatic carbocycles. The average molecular weight is 238 g/mol. The molecule has 0 aliphatic carbocycles. The van der Waals surface area contributed by atoms with Gasteiger partial charge in [-0.25, -0.2) is 0 Å². The molecule has 0 amide bonds. The highest BCUT2D eigenvalue weighted by atomic mass is 16.5. The molecule has 0 aliphatic heterocycles. The fraction of sp³-hybridized carbons (Fsp3) is 0.571. The van der Waals surface area contributed by atoms with Crippen LogP contribution in [0.2, 0.25) is 0 Å². The molecule has 0 saturated carbocycles. The van der Waals surface area contributed by atoms with Crippen molar-refractivity contribution in [3.63, 3.8) is 0 Å². The summed E-state index contributed by atoms with van der Waals surface area (Å²) in [5.41, 5.74) is 1.79. The van der Waals surface area contributed by atoms with Crippen molar-refractivity contribution in [3.05, 3.63) is 17.2 Å². The zero-order valence-corrected chi connectivity index (χ0v) is 10.9. The predicted molar refractivity (Wildman–Crippen MR) is 68.9 cm³/mol. The molecule has 0 saturated heterocycles. The van der Waals surface area contributed by atoms with Crippen molar-refractivity contribution in [1.29, 1.82) is 0 Å². The van der Waals surface area contributed by atoms with Gasteiger partial charge in [-0.15, -0.1) is 0 Å². The van der Waals surface area contributed by atoms with Crippen LogP contribution in [-0.4, -0.2) is 16.8 Å². The third kappa shape index (κ3) is 3.05. The van der Waals surface area contributed by atoms with E-state index in [1.807, 2.05) is 13.8 Å². The van der Waals surface area contributed by atoms with Crippen molar-refractivity contribution in [2.75, 3.05) is 6.61 Å². The molecule has 0 aromatic heterocycles. The summed E-state index contributed by atoms with van der Waals surface area (Å²) in [6.45, 7) is 6.74. The molecule has 1 rings (SSSR count). The van der Waals surface area contributed by atoms with Gasteiger partial charge in [0.2, 0.25) is 0 Å². The highest BCUT2D eigenvalue weighted by Gasteiger charge is 2.15. The first-order valence-corrected chi connectivity index (χ1v) is 6.35. The minimum absolute atomic E-state index is 0.00723. The second-order valence-corrected chi connectivity index (χ2v) is 4.11. The molecular formula is C14H22O3. The lowest BCUT2D eigenvalue weighted by molar-refractivity contribution is 0.302. The highest BCUT2D eigenvalue weighted by Crippen LogP contribution is 2.38. The molecule has 0 radical (unpaired) electrons. The lowest BCUT2D eigenvalue weighted by Gasteiger charge is -2.16. The smallest absolute Gasteiger partial charge is 0.161 e. The summed E-state index contributed by atoms with van der Waals surface area (Å²) in [6, 6.07) is 1.52. The van der Waals surface area contributed by atoms with E-state index in [0.717, 1.165) is 30.4 Å². The maximum atomic E-state index is 9.80. The topological polar surface area (TPSA) is 49.7 Å². The second kappa shape index (κ2) is 6.38.